The minimum absolute atomic E-state index is 0.640. The third-order valence-electron chi connectivity index (χ3n) is 3.84. The van der Waals surface area contributed by atoms with Crippen LogP contribution in [0.15, 0.2) is 4.99 Å². The molecule has 2 fully saturated rings. The molecule has 0 atom stereocenters. The van der Waals surface area contributed by atoms with Crippen LogP contribution in [0.2, 0.25) is 0 Å². The highest BCUT2D eigenvalue weighted by Gasteiger charge is 2.22. The van der Waals surface area contributed by atoms with E-state index in [2.05, 4.69) is 22.5 Å². The lowest BCUT2D eigenvalue weighted by atomic mass is 9.87. The van der Waals surface area contributed by atoms with Crippen molar-refractivity contribution in [2.45, 2.75) is 51.5 Å². The highest BCUT2D eigenvalue weighted by Crippen LogP contribution is 2.27. The summed E-state index contributed by atoms with van der Waals surface area (Å²) in [6.45, 7) is 3.46. The van der Waals surface area contributed by atoms with E-state index in [1.807, 2.05) is 7.05 Å². The fraction of sp³-hybridized carbons (Fsp3) is 0.923. The third-order valence-corrected chi connectivity index (χ3v) is 3.84. The average molecular weight is 223 g/mol. The van der Waals surface area contributed by atoms with Gasteiger partial charge in [-0.15, -0.1) is 0 Å². The fourth-order valence-electron chi connectivity index (χ4n) is 2.36. The summed E-state index contributed by atoms with van der Waals surface area (Å²) < 4.78 is 0. The highest BCUT2D eigenvalue weighted by molar-refractivity contribution is 5.79. The summed E-state index contributed by atoms with van der Waals surface area (Å²) in [5.41, 5.74) is 0. The summed E-state index contributed by atoms with van der Waals surface area (Å²) in [5.74, 6) is 2.83. The smallest absolute Gasteiger partial charge is 0.191 e. The molecule has 0 aromatic heterocycles. The van der Waals surface area contributed by atoms with Gasteiger partial charge in [0.05, 0.1) is 0 Å². The van der Waals surface area contributed by atoms with Gasteiger partial charge in [0.25, 0.3) is 0 Å². The second-order valence-corrected chi connectivity index (χ2v) is 5.50. The van der Waals surface area contributed by atoms with Gasteiger partial charge in [-0.05, 0) is 50.4 Å². The number of rotatable bonds is 3. The number of hydrogen-bond donors (Lipinski definition) is 2. The molecule has 0 unspecified atom stereocenters. The van der Waals surface area contributed by atoms with Crippen molar-refractivity contribution in [3.8, 4) is 0 Å². The quantitative estimate of drug-likeness (QED) is 0.568. The maximum atomic E-state index is 4.30. The summed E-state index contributed by atoms with van der Waals surface area (Å²) in [5, 5.41) is 6.98. The maximum Gasteiger partial charge on any atom is 0.191 e. The van der Waals surface area contributed by atoms with Crippen LogP contribution in [0.5, 0.6) is 0 Å². The molecule has 0 spiro atoms. The van der Waals surface area contributed by atoms with Crippen LogP contribution < -0.4 is 10.6 Å². The standard InChI is InChI=1S/C13H25N3/c1-10-3-7-12(8-4-10)16-13(14-2)15-9-11-5-6-11/h10-12H,3-9H2,1-2H3,(H2,14,15,16). The summed E-state index contributed by atoms with van der Waals surface area (Å²) in [7, 11) is 1.87. The first-order chi connectivity index (χ1) is 7.78. The van der Waals surface area contributed by atoms with Crippen molar-refractivity contribution in [1.29, 1.82) is 0 Å². The number of guanidine groups is 1. The van der Waals surface area contributed by atoms with Crippen LogP contribution in [-0.2, 0) is 0 Å². The molecule has 92 valence electrons. The lowest BCUT2D eigenvalue weighted by Gasteiger charge is -2.28. The average Bonchev–Trinajstić information content (AvgIpc) is 3.11. The minimum Gasteiger partial charge on any atom is -0.356 e. The van der Waals surface area contributed by atoms with Crippen molar-refractivity contribution in [2.75, 3.05) is 13.6 Å². The zero-order valence-corrected chi connectivity index (χ0v) is 10.6. The Hall–Kier alpha value is -0.730. The SMILES string of the molecule is CN=C(NCC1CC1)NC1CCC(C)CC1. The second-order valence-electron chi connectivity index (χ2n) is 5.50. The Labute approximate surface area is 99.1 Å². The third kappa shape index (κ3) is 3.69. The van der Waals surface area contributed by atoms with Crippen LogP contribution >= 0.6 is 0 Å². The van der Waals surface area contributed by atoms with Crippen LogP contribution in [0.1, 0.15) is 45.4 Å². The Kier molecular flexibility index (Phi) is 4.08. The van der Waals surface area contributed by atoms with E-state index >= 15 is 0 Å². The Morgan fingerprint density at radius 3 is 2.38 bits per heavy atom. The molecule has 0 aromatic carbocycles. The summed E-state index contributed by atoms with van der Waals surface area (Å²) in [6.07, 6.45) is 8.10. The van der Waals surface area contributed by atoms with Gasteiger partial charge in [-0.3, -0.25) is 4.99 Å². The van der Waals surface area contributed by atoms with Gasteiger partial charge in [-0.1, -0.05) is 6.92 Å². The van der Waals surface area contributed by atoms with E-state index in [4.69, 9.17) is 0 Å². The van der Waals surface area contributed by atoms with E-state index in [9.17, 15) is 0 Å². The predicted molar refractivity (Wildman–Crippen MR) is 68.6 cm³/mol. The molecule has 2 N–H and O–H groups in total. The first-order valence-corrected chi connectivity index (χ1v) is 6.75. The van der Waals surface area contributed by atoms with E-state index in [1.165, 1.54) is 38.5 Å². The van der Waals surface area contributed by atoms with Crippen LogP contribution in [0.4, 0.5) is 0 Å². The molecule has 16 heavy (non-hydrogen) atoms. The molecule has 2 aliphatic rings. The normalized spacial score (nSPS) is 31.2. The lowest BCUT2D eigenvalue weighted by Crippen LogP contribution is -2.45. The van der Waals surface area contributed by atoms with Gasteiger partial charge in [0.1, 0.15) is 0 Å². The van der Waals surface area contributed by atoms with Crippen LogP contribution in [0, 0.1) is 11.8 Å². The Morgan fingerprint density at radius 1 is 1.12 bits per heavy atom. The number of nitrogens with one attached hydrogen (secondary N) is 2. The highest BCUT2D eigenvalue weighted by atomic mass is 15.2. The largest absolute Gasteiger partial charge is 0.356 e. The molecule has 3 heteroatoms. The van der Waals surface area contributed by atoms with Crippen molar-refractivity contribution >= 4 is 5.96 Å². The molecule has 2 aliphatic carbocycles. The monoisotopic (exact) mass is 223 g/mol. The van der Waals surface area contributed by atoms with Crippen LogP contribution in [-0.4, -0.2) is 25.6 Å². The molecule has 0 bridgehead atoms. The van der Waals surface area contributed by atoms with Crippen molar-refractivity contribution in [1.82, 2.24) is 10.6 Å². The number of hydrogen-bond acceptors (Lipinski definition) is 1. The molecule has 0 heterocycles. The lowest BCUT2D eigenvalue weighted by molar-refractivity contribution is 0.329. The molecule has 0 amide bonds. The van der Waals surface area contributed by atoms with Crippen molar-refractivity contribution in [2.24, 2.45) is 16.8 Å². The summed E-state index contributed by atoms with van der Waals surface area (Å²) in [6, 6.07) is 0.640. The predicted octanol–water partition coefficient (Wildman–Crippen LogP) is 2.14. The van der Waals surface area contributed by atoms with E-state index in [1.54, 1.807) is 0 Å². The van der Waals surface area contributed by atoms with Gasteiger partial charge in [-0.25, -0.2) is 0 Å². The van der Waals surface area contributed by atoms with Gasteiger partial charge >= 0.3 is 0 Å². The molecule has 2 rings (SSSR count). The van der Waals surface area contributed by atoms with Crippen molar-refractivity contribution in [3.05, 3.63) is 0 Å². The van der Waals surface area contributed by atoms with Gasteiger partial charge in [-0.2, -0.15) is 0 Å². The molecule has 2 saturated carbocycles. The molecular formula is C13H25N3. The van der Waals surface area contributed by atoms with E-state index in [-0.39, 0.29) is 0 Å². The number of aliphatic imine (C=N–C) groups is 1. The van der Waals surface area contributed by atoms with E-state index < -0.39 is 0 Å². The molecule has 3 nitrogen and oxygen atoms in total. The fourth-order valence-corrected chi connectivity index (χ4v) is 2.36. The Bertz CT molecular complexity index is 238. The van der Waals surface area contributed by atoms with Gasteiger partial charge in [0.2, 0.25) is 0 Å². The first-order valence-electron chi connectivity index (χ1n) is 6.75. The summed E-state index contributed by atoms with van der Waals surface area (Å²) >= 11 is 0. The molecule has 0 aliphatic heterocycles. The van der Waals surface area contributed by atoms with E-state index in [0.29, 0.717) is 6.04 Å². The first kappa shape index (κ1) is 11.7. The molecule has 0 radical (unpaired) electrons. The van der Waals surface area contributed by atoms with E-state index in [0.717, 1.165) is 24.3 Å². The molecule has 0 saturated heterocycles. The minimum atomic E-state index is 0.640. The van der Waals surface area contributed by atoms with Crippen LogP contribution in [0.25, 0.3) is 0 Å². The maximum absolute atomic E-state index is 4.30. The van der Waals surface area contributed by atoms with Gasteiger partial charge in [0.15, 0.2) is 5.96 Å². The second kappa shape index (κ2) is 5.55. The van der Waals surface area contributed by atoms with Crippen molar-refractivity contribution < 1.29 is 0 Å². The molecule has 0 aromatic rings. The molecular weight excluding hydrogens is 198 g/mol. The zero-order valence-electron chi connectivity index (χ0n) is 10.6. The summed E-state index contributed by atoms with van der Waals surface area (Å²) in [4.78, 5) is 4.30. The van der Waals surface area contributed by atoms with Crippen LogP contribution in [0.3, 0.4) is 0 Å². The zero-order chi connectivity index (χ0) is 11.4. The topological polar surface area (TPSA) is 36.4 Å². The Morgan fingerprint density at radius 2 is 1.81 bits per heavy atom. The van der Waals surface area contributed by atoms with Gasteiger partial charge in [0, 0.05) is 19.6 Å². The Balaban J connectivity index is 1.68. The van der Waals surface area contributed by atoms with Gasteiger partial charge < -0.3 is 10.6 Å². The van der Waals surface area contributed by atoms with Crippen molar-refractivity contribution in [3.63, 3.8) is 0 Å². The number of nitrogens with zero attached hydrogens (tertiary/aromatic N) is 1.